The third-order valence-corrected chi connectivity index (χ3v) is 5.95. The van der Waals surface area contributed by atoms with Crippen LogP contribution in [0.4, 0.5) is 0 Å². The van der Waals surface area contributed by atoms with Crippen molar-refractivity contribution in [3.63, 3.8) is 0 Å². The van der Waals surface area contributed by atoms with Gasteiger partial charge in [-0.3, -0.25) is 9.80 Å². The highest BCUT2D eigenvalue weighted by Crippen LogP contribution is 2.29. The van der Waals surface area contributed by atoms with Gasteiger partial charge in [0.15, 0.2) is 0 Å². The molecule has 2 saturated heterocycles. The second-order valence-electron chi connectivity index (χ2n) is 7.23. The lowest BCUT2D eigenvalue weighted by Crippen LogP contribution is -2.66. The van der Waals surface area contributed by atoms with Crippen molar-refractivity contribution < 1.29 is 0 Å². The minimum atomic E-state index is 0.259. The Hall–Kier alpha value is -0.160. The lowest BCUT2D eigenvalue weighted by atomic mass is 9.86. The fraction of sp³-hybridized carbons (Fsp3) is 1.00. The van der Waals surface area contributed by atoms with Gasteiger partial charge in [-0.05, 0) is 39.3 Å². The van der Waals surface area contributed by atoms with Gasteiger partial charge >= 0.3 is 0 Å². The standard InChI is InChI=1S/C16H32N4/c1-18-8-4-7-16(13-17,14-18)20-11-9-19(10-12-20)15-5-2-3-6-15/h15H,2-14,17H2,1H3. The van der Waals surface area contributed by atoms with E-state index in [4.69, 9.17) is 5.73 Å². The molecule has 3 aliphatic rings. The van der Waals surface area contributed by atoms with Crippen molar-refractivity contribution in [3.8, 4) is 0 Å². The summed E-state index contributed by atoms with van der Waals surface area (Å²) in [5.74, 6) is 0. The summed E-state index contributed by atoms with van der Waals surface area (Å²) in [5, 5.41) is 0. The number of rotatable bonds is 3. The van der Waals surface area contributed by atoms with E-state index in [9.17, 15) is 0 Å². The Morgan fingerprint density at radius 1 is 1.00 bits per heavy atom. The van der Waals surface area contributed by atoms with Crippen molar-refractivity contribution in [2.75, 3.05) is 52.9 Å². The maximum atomic E-state index is 6.21. The van der Waals surface area contributed by atoms with E-state index in [0.29, 0.717) is 0 Å². The highest BCUT2D eigenvalue weighted by atomic mass is 15.3. The third-order valence-electron chi connectivity index (χ3n) is 5.95. The van der Waals surface area contributed by atoms with E-state index >= 15 is 0 Å². The van der Waals surface area contributed by atoms with Gasteiger partial charge in [0.05, 0.1) is 0 Å². The highest BCUT2D eigenvalue weighted by molar-refractivity contribution is 4.99. The van der Waals surface area contributed by atoms with Crippen molar-refractivity contribution in [2.45, 2.75) is 50.1 Å². The van der Waals surface area contributed by atoms with E-state index in [1.165, 1.54) is 71.2 Å². The summed E-state index contributed by atoms with van der Waals surface area (Å²) in [4.78, 5) is 7.94. The van der Waals surface area contributed by atoms with Crippen LogP contribution in [-0.2, 0) is 0 Å². The molecule has 1 saturated carbocycles. The minimum absolute atomic E-state index is 0.259. The molecule has 3 rings (SSSR count). The fourth-order valence-corrected chi connectivity index (χ4v) is 4.72. The summed E-state index contributed by atoms with van der Waals surface area (Å²) < 4.78 is 0. The molecule has 0 aromatic rings. The fourth-order valence-electron chi connectivity index (χ4n) is 4.72. The van der Waals surface area contributed by atoms with Crippen molar-refractivity contribution >= 4 is 0 Å². The zero-order valence-electron chi connectivity index (χ0n) is 13.2. The van der Waals surface area contributed by atoms with Crippen LogP contribution in [0.25, 0.3) is 0 Å². The SMILES string of the molecule is CN1CCCC(CN)(N2CCN(C3CCCC3)CC2)C1. The molecule has 0 aromatic heterocycles. The summed E-state index contributed by atoms with van der Waals surface area (Å²) >= 11 is 0. The van der Waals surface area contributed by atoms with Crippen LogP contribution in [0.3, 0.4) is 0 Å². The van der Waals surface area contributed by atoms with Gasteiger partial charge in [-0.2, -0.15) is 0 Å². The van der Waals surface area contributed by atoms with E-state index in [2.05, 4.69) is 21.7 Å². The molecule has 0 spiro atoms. The maximum absolute atomic E-state index is 6.21. The van der Waals surface area contributed by atoms with Gasteiger partial charge in [-0.25, -0.2) is 0 Å². The molecule has 1 atom stereocenters. The number of likely N-dealkylation sites (tertiary alicyclic amines) is 1. The second-order valence-corrected chi connectivity index (χ2v) is 7.23. The Kier molecular flexibility index (Phi) is 4.65. The number of hydrogen-bond donors (Lipinski definition) is 1. The lowest BCUT2D eigenvalue weighted by molar-refractivity contribution is -0.0151. The lowest BCUT2D eigenvalue weighted by Gasteiger charge is -2.52. The molecule has 4 nitrogen and oxygen atoms in total. The van der Waals surface area contributed by atoms with Gasteiger partial charge in [-0.15, -0.1) is 0 Å². The molecule has 2 heterocycles. The molecule has 0 radical (unpaired) electrons. The van der Waals surface area contributed by atoms with Crippen molar-refractivity contribution in [3.05, 3.63) is 0 Å². The number of nitrogens with zero attached hydrogens (tertiary/aromatic N) is 3. The quantitative estimate of drug-likeness (QED) is 0.836. The normalized spacial score (nSPS) is 35.7. The number of piperidine rings is 1. The van der Waals surface area contributed by atoms with E-state index in [-0.39, 0.29) is 5.54 Å². The summed E-state index contributed by atoms with van der Waals surface area (Å²) in [6.45, 7) is 8.19. The maximum Gasteiger partial charge on any atom is 0.0459 e. The van der Waals surface area contributed by atoms with Crippen LogP contribution in [0.1, 0.15) is 38.5 Å². The van der Waals surface area contributed by atoms with E-state index in [0.717, 1.165) is 19.1 Å². The first-order chi connectivity index (χ1) is 9.73. The van der Waals surface area contributed by atoms with Crippen LogP contribution in [0, 0.1) is 0 Å². The first-order valence-electron chi connectivity index (χ1n) is 8.61. The topological polar surface area (TPSA) is 35.7 Å². The molecule has 1 aliphatic carbocycles. The van der Waals surface area contributed by atoms with Crippen LogP contribution < -0.4 is 5.73 Å². The zero-order valence-corrected chi connectivity index (χ0v) is 13.2. The molecule has 2 aliphatic heterocycles. The average molecular weight is 280 g/mol. The van der Waals surface area contributed by atoms with Gasteiger partial charge in [-0.1, -0.05) is 12.8 Å². The third kappa shape index (κ3) is 2.89. The first-order valence-corrected chi connectivity index (χ1v) is 8.61. The molecule has 0 aromatic carbocycles. The van der Waals surface area contributed by atoms with Gasteiger partial charge in [0.2, 0.25) is 0 Å². The van der Waals surface area contributed by atoms with Gasteiger partial charge in [0.1, 0.15) is 0 Å². The molecule has 4 heteroatoms. The number of hydrogen-bond acceptors (Lipinski definition) is 4. The summed E-state index contributed by atoms with van der Waals surface area (Å²) in [5.41, 5.74) is 6.46. The highest BCUT2D eigenvalue weighted by Gasteiger charge is 2.40. The van der Waals surface area contributed by atoms with Crippen LogP contribution in [0.15, 0.2) is 0 Å². The Labute approximate surface area is 124 Å². The Balaban J connectivity index is 1.58. The second kappa shape index (κ2) is 6.30. The molecule has 0 amide bonds. The van der Waals surface area contributed by atoms with Gasteiger partial charge < -0.3 is 10.6 Å². The minimum Gasteiger partial charge on any atom is -0.329 e. The summed E-state index contributed by atoms with van der Waals surface area (Å²) in [6.07, 6.45) is 8.36. The molecule has 0 bridgehead atoms. The molecule has 3 fully saturated rings. The number of likely N-dealkylation sites (N-methyl/N-ethyl adjacent to an activating group) is 1. The van der Waals surface area contributed by atoms with Crippen LogP contribution in [0.2, 0.25) is 0 Å². The Morgan fingerprint density at radius 2 is 1.70 bits per heavy atom. The van der Waals surface area contributed by atoms with Crippen molar-refractivity contribution in [1.82, 2.24) is 14.7 Å². The molecule has 1 unspecified atom stereocenters. The number of nitrogens with two attached hydrogens (primary N) is 1. The van der Waals surface area contributed by atoms with Crippen LogP contribution in [-0.4, -0.2) is 79.1 Å². The van der Waals surface area contributed by atoms with Crippen molar-refractivity contribution in [1.29, 1.82) is 0 Å². The van der Waals surface area contributed by atoms with E-state index in [1.807, 2.05) is 0 Å². The van der Waals surface area contributed by atoms with Gasteiger partial charge in [0, 0.05) is 50.8 Å². The largest absolute Gasteiger partial charge is 0.329 e. The van der Waals surface area contributed by atoms with Crippen LogP contribution >= 0.6 is 0 Å². The summed E-state index contributed by atoms with van der Waals surface area (Å²) in [7, 11) is 2.25. The van der Waals surface area contributed by atoms with Crippen molar-refractivity contribution in [2.24, 2.45) is 5.73 Å². The number of piperazine rings is 1. The Bertz CT molecular complexity index is 308. The molecule has 116 valence electrons. The monoisotopic (exact) mass is 280 g/mol. The predicted octanol–water partition coefficient (Wildman–Crippen LogP) is 0.970. The Morgan fingerprint density at radius 3 is 2.30 bits per heavy atom. The zero-order chi connectivity index (χ0) is 14.0. The average Bonchev–Trinajstić information content (AvgIpc) is 3.01. The van der Waals surface area contributed by atoms with E-state index in [1.54, 1.807) is 0 Å². The predicted molar refractivity (Wildman–Crippen MR) is 83.9 cm³/mol. The summed E-state index contributed by atoms with van der Waals surface area (Å²) in [6, 6.07) is 0.889. The molecule has 2 N–H and O–H groups in total. The molecular weight excluding hydrogens is 248 g/mol. The first kappa shape index (κ1) is 14.8. The van der Waals surface area contributed by atoms with E-state index < -0.39 is 0 Å². The molecule has 20 heavy (non-hydrogen) atoms. The molecular formula is C16H32N4. The van der Waals surface area contributed by atoms with Gasteiger partial charge in [0.25, 0.3) is 0 Å². The smallest absolute Gasteiger partial charge is 0.0459 e. The van der Waals surface area contributed by atoms with Crippen LogP contribution in [0.5, 0.6) is 0 Å².